The summed E-state index contributed by atoms with van der Waals surface area (Å²) in [5.41, 5.74) is 5.67. The van der Waals surface area contributed by atoms with Gasteiger partial charge in [0, 0.05) is 17.8 Å². The van der Waals surface area contributed by atoms with E-state index in [0.29, 0.717) is 11.8 Å². The van der Waals surface area contributed by atoms with Crippen molar-refractivity contribution in [3.05, 3.63) is 47.5 Å². The van der Waals surface area contributed by atoms with Gasteiger partial charge in [0.15, 0.2) is 0 Å². The zero-order valence-electron chi connectivity index (χ0n) is 13.1. The maximum Gasteiger partial charge on any atom is 0.0523 e. The van der Waals surface area contributed by atoms with Gasteiger partial charge >= 0.3 is 0 Å². The summed E-state index contributed by atoms with van der Waals surface area (Å²) in [5, 5.41) is 2.77. The van der Waals surface area contributed by atoms with E-state index < -0.39 is 0 Å². The number of hydrogen-bond donors (Lipinski definition) is 0. The Balaban J connectivity index is 2.54. The van der Waals surface area contributed by atoms with Crippen LogP contribution in [0.4, 0.5) is 0 Å². The molecule has 0 saturated heterocycles. The molecule has 0 bridgehead atoms. The molecule has 0 aliphatic carbocycles. The third-order valence-corrected chi connectivity index (χ3v) is 4.34. The molecule has 1 nitrogen and oxygen atoms in total. The lowest BCUT2D eigenvalue weighted by atomic mass is 9.98. The molecule has 1 heteroatoms. The van der Waals surface area contributed by atoms with E-state index in [1.165, 1.54) is 32.9 Å². The summed E-state index contributed by atoms with van der Waals surface area (Å²) in [6, 6.07) is 13.4. The van der Waals surface area contributed by atoms with E-state index in [1.807, 2.05) is 0 Å². The van der Waals surface area contributed by atoms with Crippen LogP contribution in [0.1, 0.15) is 50.7 Å². The quantitative estimate of drug-likeness (QED) is 0.570. The molecular weight excluding hydrogens is 242 g/mol. The number of aromatic nitrogens is 1. The molecule has 104 valence electrons. The fraction of sp³-hybridized carbons (Fsp3) is 0.368. The summed E-state index contributed by atoms with van der Waals surface area (Å²) in [4.78, 5) is 0. The third-order valence-electron chi connectivity index (χ3n) is 4.34. The van der Waals surface area contributed by atoms with Crippen LogP contribution < -0.4 is 0 Å². The van der Waals surface area contributed by atoms with Crippen LogP contribution in [0.15, 0.2) is 36.4 Å². The second kappa shape index (κ2) is 4.66. The number of nitrogens with zero attached hydrogens (tertiary/aromatic N) is 1. The molecule has 0 atom stereocenters. The first-order valence-electron chi connectivity index (χ1n) is 7.52. The Labute approximate surface area is 121 Å². The van der Waals surface area contributed by atoms with Crippen LogP contribution in [-0.2, 0) is 7.05 Å². The van der Waals surface area contributed by atoms with Crippen LogP contribution in [0.2, 0.25) is 0 Å². The topological polar surface area (TPSA) is 4.93 Å². The largest absolute Gasteiger partial charge is 0.343 e. The molecule has 0 radical (unpaired) electrons. The fourth-order valence-electron chi connectivity index (χ4n) is 3.35. The highest BCUT2D eigenvalue weighted by Crippen LogP contribution is 2.36. The number of hydrogen-bond acceptors (Lipinski definition) is 0. The van der Waals surface area contributed by atoms with Gasteiger partial charge in [-0.1, -0.05) is 64.1 Å². The lowest BCUT2D eigenvalue weighted by Crippen LogP contribution is -1.97. The average Bonchev–Trinajstić information content (AvgIpc) is 2.72. The fourth-order valence-corrected chi connectivity index (χ4v) is 3.35. The molecule has 20 heavy (non-hydrogen) atoms. The highest BCUT2D eigenvalue weighted by atomic mass is 14.9. The van der Waals surface area contributed by atoms with E-state index in [4.69, 9.17) is 0 Å². The van der Waals surface area contributed by atoms with Crippen LogP contribution in [-0.4, -0.2) is 4.57 Å². The monoisotopic (exact) mass is 265 g/mol. The van der Waals surface area contributed by atoms with E-state index in [1.54, 1.807) is 0 Å². The Morgan fingerprint density at radius 2 is 1.10 bits per heavy atom. The highest BCUT2D eigenvalue weighted by molar-refractivity contribution is 6.10. The number of benzene rings is 2. The molecule has 1 aromatic heterocycles. The average molecular weight is 265 g/mol. The Bertz CT molecular complexity index is 710. The predicted octanol–water partition coefficient (Wildman–Crippen LogP) is 5.58. The van der Waals surface area contributed by atoms with Gasteiger partial charge in [0.25, 0.3) is 0 Å². The van der Waals surface area contributed by atoms with Crippen molar-refractivity contribution in [2.45, 2.75) is 39.5 Å². The van der Waals surface area contributed by atoms with Gasteiger partial charge in [-0.2, -0.15) is 0 Å². The van der Waals surface area contributed by atoms with Crippen molar-refractivity contribution in [3.63, 3.8) is 0 Å². The minimum atomic E-state index is 0.546. The predicted molar refractivity (Wildman–Crippen MR) is 88.6 cm³/mol. The van der Waals surface area contributed by atoms with Crippen molar-refractivity contribution in [1.29, 1.82) is 0 Å². The summed E-state index contributed by atoms with van der Waals surface area (Å²) in [7, 11) is 2.21. The van der Waals surface area contributed by atoms with Gasteiger partial charge in [0.05, 0.1) is 11.0 Å². The molecule has 3 rings (SSSR count). The zero-order chi connectivity index (χ0) is 14.4. The van der Waals surface area contributed by atoms with Gasteiger partial charge in [0.2, 0.25) is 0 Å². The molecule has 1 heterocycles. The highest BCUT2D eigenvalue weighted by Gasteiger charge is 2.16. The maximum absolute atomic E-state index is 2.40. The van der Waals surface area contributed by atoms with Crippen LogP contribution in [0.25, 0.3) is 21.8 Å². The molecule has 0 spiro atoms. The van der Waals surface area contributed by atoms with Gasteiger partial charge in [-0.05, 0) is 23.0 Å². The molecular formula is C19H23N. The molecule has 0 N–H and O–H groups in total. The molecule has 0 saturated carbocycles. The Morgan fingerprint density at radius 1 is 0.700 bits per heavy atom. The zero-order valence-corrected chi connectivity index (χ0v) is 13.1. The number of para-hydroxylation sites is 2. The van der Waals surface area contributed by atoms with Crippen molar-refractivity contribution in [3.8, 4) is 0 Å². The Hall–Kier alpha value is -1.76. The molecule has 0 aliphatic heterocycles. The van der Waals surface area contributed by atoms with Crippen molar-refractivity contribution in [2.75, 3.05) is 0 Å². The molecule has 0 amide bonds. The standard InChI is InChI=1S/C19H23N/c1-12(2)14-8-6-10-16-17-11-7-9-15(13(3)4)19(17)20(5)18(14)16/h6-13H,1-5H3. The SMILES string of the molecule is CC(C)c1cccc2c3cccc(C(C)C)c3n(C)c12. The molecule has 0 aliphatic rings. The molecule has 0 unspecified atom stereocenters. The van der Waals surface area contributed by atoms with Crippen LogP contribution in [0.5, 0.6) is 0 Å². The third kappa shape index (κ3) is 1.76. The van der Waals surface area contributed by atoms with E-state index >= 15 is 0 Å². The van der Waals surface area contributed by atoms with Gasteiger partial charge < -0.3 is 4.57 Å². The molecule has 3 aromatic rings. The smallest absolute Gasteiger partial charge is 0.0523 e. The summed E-state index contributed by atoms with van der Waals surface area (Å²) in [6.07, 6.45) is 0. The van der Waals surface area contributed by atoms with E-state index in [9.17, 15) is 0 Å². The maximum atomic E-state index is 2.40. The lowest BCUT2D eigenvalue weighted by Gasteiger charge is -2.11. The van der Waals surface area contributed by atoms with E-state index in [-0.39, 0.29) is 0 Å². The molecule has 2 aromatic carbocycles. The summed E-state index contributed by atoms with van der Waals surface area (Å²) in [5.74, 6) is 1.09. The normalized spacial score (nSPS) is 12.2. The van der Waals surface area contributed by atoms with Gasteiger partial charge in [-0.3, -0.25) is 0 Å². The Kier molecular flexibility index (Phi) is 3.08. The summed E-state index contributed by atoms with van der Waals surface area (Å²) >= 11 is 0. The van der Waals surface area contributed by atoms with Crippen molar-refractivity contribution < 1.29 is 0 Å². The van der Waals surface area contributed by atoms with Crippen LogP contribution in [0, 0.1) is 0 Å². The van der Waals surface area contributed by atoms with E-state index in [2.05, 4.69) is 75.7 Å². The Morgan fingerprint density at radius 3 is 1.45 bits per heavy atom. The van der Waals surface area contributed by atoms with Gasteiger partial charge in [0.1, 0.15) is 0 Å². The van der Waals surface area contributed by atoms with Crippen LogP contribution >= 0.6 is 0 Å². The van der Waals surface area contributed by atoms with Gasteiger partial charge in [-0.25, -0.2) is 0 Å². The summed E-state index contributed by atoms with van der Waals surface area (Å²) < 4.78 is 2.40. The number of fused-ring (bicyclic) bond motifs is 3. The minimum absolute atomic E-state index is 0.546. The van der Waals surface area contributed by atoms with E-state index in [0.717, 1.165) is 0 Å². The van der Waals surface area contributed by atoms with Crippen LogP contribution in [0.3, 0.4) is 0 Å². The second-order valence-corrected chi connectivity index (χ2v) is 6.36. The number of rotatable bonds is 2. The summed E-state index contributed by atoms with van der Waals surface area (Å²) in [6.45, 7) is 9.09. The van der Waals surface area contributed by atoms with Crippen molar-refractivity contribution >= 4 is 21.8 Å². The number of aryl methyl sites for hydroxylation is 1. The first-order chi connectivity index (χ1) is 9.52. The minimum Gasteiger partial charge on any atom is -0.343 e. The first-order valence-corrected chi connectivity index (χ1v) is 7.52. The van der Waals surface area contributed by atoms with Crippen molar-refractivity contribution in [2.24, 2.45) is 7.05 Å². The second-order valence-electron chi connectivity index (χ2n) is 6.36. The molecule has 0 fully saturated rings. The lowest BCUT2D eigenvalue weighted by molar-refractivity contribution is 0.848. The van der Waals surface area contributed by atoms with Gasteiger partial charge in [-0.15, -0.1) is 0 Å². The van der Waals surface area contributed by atoms with Crippen molar-refractivity contribution in [1.82, 2.24) is 4.57 Å². The first kappa shape index (κ1) is 13.2.